The number of aromatic nitrogens is 2. The van der Waals surface area contributed by atoms with E-state index in [1.165, 1.54) is 5.56 Å². The van der Waals surface area contributed by atoms with E-state index < -0.39 is 0 Å². The molecule has 1 N–H and O–H groups in total. The second-order valence-electron chi connectivity index (χ2n) is 5.26. The summed E-state index contributed by atoms with van der Waals surface area (Å²) in [4.78, 5) is 0. The second-order valence-corrected chi connectivity index (χ2v) is 5.69. The minimum absolute atomic E-state index is 0.742. The van der Waals surface area contributed by atoms with Crippen molar-refractivity contribution in [3.63, 3.8) is 0 Å². The van der Waals surface area contributed by atoms with E-state index in [0.717, 1.165) is 34.3 Å². The number of rotatable bonds is 4. The molecular weight excluding hydrogens is 294 g/mol. The van der Waals surface area contributed by atoms with Crippen LogP contribution in [-0.2, 0) is 6.54 Å². The summed E-state index contributed by atoms with van der Waals surface area (Å²) in [6.45, 7) is 4.89. The molecule has 0 fully saturated rings. The first-order valence-corrected chi connectivity index (χ1v) is 7.63. The van der Waals surface area contributed by atoms with Gasteiger partial charge in [-0.2, -0.15) is 5.10 Å². The molecule has 1 heterocycles. The number of halogens is 1. The molecule has 0 atom stereocenters. The maximum absolute atomic E-state index is 5.91. The summed E-state index contributed by atoms with van der Waals surface area (Å²) in [5.74, 6) is 0. The number of hydrogen-bond acceptors (Lipinski definition) is 2. The van der Waals surface area contributed by atoms with Gasteiger partial charge in [0.2, 0.25) is 0 Å². The van der Waals surface area contributed by atoms with Gasteiger partial charge in [0.15, 0.2) is 0 Å². The van der Waals surface area contributed by atoms with Crippen LogP contribution in [0.5, 0.6) is 0 Å². The first-order valence-electron chi connectivity index (χ1n) is 7.25. The molecule has 2 aromatic carbocycles. The summed E-state index contributed by atoms with van der Waals surface area (Å²) < 4.78 is 1.99. The van der Waals surface area contributed by atoms with Crippen molar-refractivity contribution in [2.45, 2.75) is 20.4 Å². The van der Waals surface area contributed by atoms with Crippen LogP contribution >= 0.6 is 11.6 Å². The lowest BCUT2D eigenvalue weighted by Crippen LogP contribution is -2.03. The molecule has 4 heteroatoms. The third-order valence-electron chi connectivity index (χ3n) is 3.76. The molecule has 0 aliphatic carbocycles. The molecule has 0 saturated heterocycles. The van der Waals surface area contributed by atoms with Gasteiger partial charge in [0.05, 0.1) is 11.4 Å². The van der Waals surface area contributed by atoms with Crippen molar-refractivity contribution in [3.05, 3.63) is 76.6 Å². The minimum Gasteiger partial charge on any atom is -0.381 e. The Morgan fingerprint density at radius 3 is 2.36 bits per heavy atom. The number of aryl methyl sites for hydroxylation is 1. The van der Waals surface area contributed by atoms with Crippen molar-refractivity contribution >= 4 is 17.3 Å². The summed E-state index contributed by atoms with van der Waals surface area (Å²) in [6, 6.07) is 17.9. The molecular formula is C18H18ClN3. The molecule has 0 amide bonds. The second kappa shape index (κ2) is 6.24. The molecule has 1 aromatic heterocycles. The number of benzene rings is 2. The minimum atomic E-state index is 0.742. The van der Waals surface area contributed by atoms with Gasteiger partial charge in [-0.15, -0.1) is 0 Å². The van der Waals surface area contributed by atoms with Gasteiger partial charge in [-0.1, -0.05) is 29.8 Å². The largest absolute Gasteiger partial charge is 0.381 e. The van der Waals surface area contributed by atoms with E-state index in [9.17, 15) is 0 Å². The molecule has 0 saturated carbocycles. The Bertz CT molecular complexity index is 761. The van der Waals surface area contributed by atoms with Crippen LogP contribution in [0.2, 0.25) is 5.02 Å². The van der Waals surface area contributed by atoms with Crippen LogP contribution in [0.1, 0.15) is 17.0 Å². The highest BCUT2D eigenvalue weighted by molar-refractivity contribution is 6.30. The zero-order valence-electron chi connectivity index (χ0n) is 12.7. The fourth-order valence-electron chi connectivity index (χ4n) is 2.51. The predicted molar refractivity (Wildman–Crippen MR) is 91.8 cm³/mol. The Morgan fingerprint density at radius 1 is 1.00 bits per heavy atom. The van der Waals surface area contributed by atoms with Crippen LogP contribution in [0.25, 0.3) is 5.69 Å². The van der Waals surface area contributed by atoms with Crippen LogP contribution in [0.15, 0.2) is 54.6 Å². The van der Waals surface area contributed by atoms with E-state index in [2.05, 4.69) is 29.5 Å². The molecule has 22 heavy (non-hydrogen) atoms. The van der Waals surface area contributed by atoms with E-state index in [-0.39, 0.29) is 0 Å². The lowest BCUT2D eigenvalue weighted by Gasteiger charge is -2.08. The van der Waals surface area contributed by atoms with E-state index in [0.29, 0.717) is 0 Å². The van der Waals surface area contributed by atoms with Gasteiger partial charge in [-0.25, -0.2) is 4.68 Å². The van der Waals surface area contributed by atoms with Gasteiger partial charge in [0.1, 0.15) is 0 Å². The number of para-hydroxylation sites is 1. The number of anilines is 1. The van der Waals surface area contributed by atoms with Gasteiger partial charge >= 0.3 is 0 Å². The van der Waals surface area contributed by atoms with Gasteiger partial charge in [0.25, 0.3) is 0 Å². The smallest absolute Gasteiger partial charge is 0.0650 e. The third kappa shape index (κ3) is 3.00. The van der Waals surface area contributed by atoms with Crippen molar-refractivity contribution in [3.8, 4) is 5.69 Å². The normalized spacial score (nSPS) is 10.7. The van der Waals surface area contributed by atoms with Crippen LogP contribution in [0.3, 0.4) is 0 Å². The van der Waals surface area contributed by atoms with Crippen LogP contribution < -0.4 is 5.32 Å². The van der Waals surface area contributed by atoms with Crippen molar-refractivity contribution in [2.24, 2.45) is 0 Å². The zero-order valence-corrected chi connectivity index (χ0v) is 13.4. The van der Waals surface area contributed by atoms with Crippen molar-refractivity contribution in [1.82, 2.24) is 9.78 Å². The van der Waals surface area contributed by atoms with Crippen molar-refractivity contribution in [1.29, 1.82) is 0 Å². The summed E-state index contributed by atoms with van der Waals surface area (Å²) in [7, 11) is 0. The quantitative estimate of drug-likeness (QED) is 0.753. The lowest BCUT2D eigenvalue weighted by atomic mass is 10.2. The van der Waals surface area contributed by atoms with E-state index in [4.69, 9.17) is 11.6 Å². The highest BCUT2D eigenvalue weighted by Gasteiger charge is 2.12. The van der Waals surface area contributed by atoms with Crippen LogP contribution in [0.4, 0.5) is 5.69 Å². The molecule has 0 aliphatic rings. The van der Waals surface area contributed by atoms with Crippen molar-refractivity contribution < 1.29 is 0 Å². The molecule has 112 valence electrons. The van der Waals surface area contributed by atoms with Gasteiger partial charge < -0.3 is 5.32 Å². The van der Waals surface area contributed by atoms with Crippen LogP contribution in [-0.4, -0.2) is 9.78 Å². The first kappa shape index (κ1) is 14.7. The maximum atomic E-state index is 5.91. The molecule has 0 aliphatic heterocycles. The van der Waals surface area contributed by atoms with E-state index >= 15 is 0 Å². The summed E-state index contributed by atoms with van der Waals surface area (Å²) in [6.07, 6.45) is 0. The number of nitrogens with zero attached hydrogens (tertiary/aromatic N) is 2. The SMILES string of the molecule is Cc1nn(-c2ccccc2)c(C)c1CNc1ccc(Cl)cc1. The topological polar surface area (TPSA) is 29.9 Å². The number of hydrogen-bond donors (Lipinski definition) is 1. The van der Waals surface area contributed by atoms with Gasteiger partial charge in [0, 0.05) is 28.5 Å². The van der Waals surface area contributed by atoms with Gasteiger partial charge in [-0.3, -0.25) is 0 Å². The monoisotopic (exact) mass is 311 g/mol. The Hall–Kier alpha value is -2.26. The molecule has 3 aromatic rings. The standard InChI is InChI=1S/C18H18ClN3/c1-13-18(12-20-16-10-8-15(19)9-11-16)14(2)22(21-13)17-6-4-3-5-7-17/h3-11,20H,12H2,1-2H3. The number of nitrogens with one attached hydrogen (secondary N) is 1. The Kier molecular flexibility index (Phi) is 4.16. The molecule has 0 spiro atoms. The molecule has 3 nitrogen and oxygen atoms in total. The highest BCUT2D eigenvalue weighted by atomic mass is 35.5. The fraction of sp³-hybridized carbons (Fsp3) is 0.167. The van der Waals surface area contributed by atoms with Crippen molar-refractivity contribution in [2.75, 3.05) is 5.32 Å². The van der Waals surface area contributed by atoms with E-state index in [1.54, 1.807) is 0 Å². The molecule has 0 unspecified atom stereocenters. The predicted octanol–water partition coefficient (Wildman–Crippen LogP) is 4.75. The molecule has 0 radical (unpaired) electrons. The first-order chi connectivity index (χ1) is 10.6. The van der Waals surface area contributed by atoms with Crippen LogP contribution in [0, 0.1) is 13.8 Å². The highest BCUT2D eigenvalue weighted by Crippen LogP contribution is 2.20. The summed E-state index contributed by atoms with van der Waals surface area (Å²) in [5.41, 5.74) is 5.56. The van der Waals surface area contributed by atoms with Gasteiger partial charge in [-0.05, 0) is 50.2 Å². The Balaban J connectivity index is 1.83. The average molecular weight is 312 g/mol. The molecule has 3 rings (SSSR count). The average Bonchev–Trinajstić information content (AvgIpc) is 2.82. The van der Waals surface area contributed by atoms with E-state index in [1.807, 2.05) is 54.1 Å². The molecule has 0 bridgehead atoms. The zero-order chi connectivity index (χ0) is 15.5. The third-order valence-corrected chi connectivity index (χ3v) is 4.01. The Morgan fingerprint density at radius 2 is 1.68 bits per heavy atom. The maximum Gasteiger partial charge on any atom is 0.0650 e. The fourth-order valence-corrected chi connectivity index (χ4v) is 2.64. The summed E-state index contributed by atoms with van der Waals surface area (Å²) in [5, 5.41) is 8.83. The lowest BCUT2D eigenvalue weighted by molar-refractivity contribution is 0.833. The Labute approximate surface area is 135 Å². The summed E-state index contributed by atoms with van der Waals surface area (Å²) >= 11 is 5.91.